The fourth-order valence-electron chi connectivity index (χ4n) is 6.16. The Bertz CT molecular complexity index is 720. The van der Waals surface area contributed by atoms with Gasteiger partial charge in [-0.3, -0.25) is 14.4 Å². The van der Waals surface area contributed by atoms with E-state index in [0.717, 1.165) is 64.2 Å². The molecule has 3 aliphatic rings. The summed E-state index contributed by atoms with van der Waals surface area (Å²) >= 11 is 1.74. The van der Waals surface area contributed by atoms with E-state index < -0.39 is 16.7 Å². The van der Waals surface area contributed by atoms with Gasteiger partial charge < -0.3 is 20.6 Å². The van der Waals surface area contributed by atoms with Crippen LogP contribution in [0.15, 0.2) is 0 Å². The Morgan fingerprint density at radius 2 is 1.73 bits per heavy atom. The van der Waals surface area contributed by atoms with Crippen molar-refractivity contribution in [3.8, 4) is 0 Å². The molecule has 0 aromatic heterocycles. The van der Waals surface area contributed by atoms with Crippen LogP contribution in [0.3, 0.4) is 0 Å². The maximum absolute atomic E-state index is 13.8. The normalized spacial score (nSPS) is 32.3. The van der Waals surface area contributed by atoms with Crippen LogP contribution in [0, 0.1) is 11.8 Å². The van der Waals surface area contributed by atoms with Gasteiger partial charge in [-0.1, -0.05) is 39.5 Å². The lowest BCUT2D eigenvalue weighted by molar-refractivity contribution is -0.140. The van der Waals surface area contributed by atoms with Gasteiger partial charge in [0.1, 0.15) is 6.04 Å². The van der Waals surface area contributed by atoms with Gasteiger partial charge in [-0.2, -0.15) is 0 Å². The minimum absolute atomic E-state index is 0.0153. The van der Waals surface area contributed by atoms with Crippen LogP contribution in [0.4, 0.5) is 0 Å². The van der Waals surface area contributed by atoms with E-state index in [2.05, 4.69) is 24.5 Å². The topological polar surface area (TPSA) is 98.7 Å². The Labute approximate surface area is 203 Å². The predicted molar refractivity (Wildman–Crippen MR) is 132 cm³/mol. The molecule has 3 rings (SSSR count). The number of carbonyl (C=O) groups excluding carboxylic acids is 3. The first kappa shape index (κ1) is 26.3. The molecular formula is C25H43N3O4S. The highest BCUT2D eigenvalue weighted by Gasteiger charge is 2.76. The lowest BCUT2D eigenvalue weighted by atomic mass is 9.66. The number of nitrogens with one attached hydrogen (secondary N) is 2. The minimum atomic E-state index is -0.514. The van der Waals surface area contributed by atoms with Crippen molar-refractivity contribution in [3.63, 3.8) is 0 Å². The first-order chi connectivity index (χ1) is 15.9. The number of fused-ring (bicyclic) bond motifs is 1. The number of carbonyl (C=O) groups is 3. The highest BCUT2D eigenvalue weighted by Crippen LogP contribution is 2.71. The largest absolute Gasteiger partial charge is 0.396 e. The van der Waals surface area contributed by atoms with E-state index in [1.165, 1.54) is 0 Å². The molecule has 3 aliphatic heterocycles. The van der Waals surface area contributed by atoms with Crippen molar-refractivity contribution in [1.29, 1.82) is 0 Å². The molecule has 0 aliphatic carbocycles. The van der Waals surface area contributed by atoms with E-state index in [9.17, 15) is 14.4 Å². The molecule has 7 nitrogen and oxygen atoms in total. The maximum atomic E-state index is 13.8. The average molecular weight is 482 g/mol. The molecule has 0 radical (unpaired) electrons. The molecule has 3 heterocycles. The third kappa shape index (κ3) is 5.07. The van der Waals surface area contributed by atoms with E-state index in [4.69, 9.17) is 5.11 Å². The standard InChI is InChI=1S/C25H43N3O4S/c1-4-6-9-15-27-22(31)20-25-13-12-24(3,33-25)18(21(30)26-14-5-2)19(25)23(32)28(20)16-10-7-8-11-17-29/h18-20,29H,4-17H2,1-3H3,(H,26,30)(H,27,31)/t18-,19-,20?,24+,25?/m0/s1. The summed E-state index contributed by atoms with van der Waals surface area (Å²) in [5.41, 5.74) is 0. The lowest BCUT2D eigenvalue weighted by Crippen LogP contribution is -2.54. The number of hydrogen-bond donors (Lipinski definition) is 3. The van der Waals surface area contributed by atoms with Crippen molar-refractivity contribution in [3.05, 3.63) is 0 Å². The van der Waals surface area contributed by atoms with Crippen LogP contribution in [0.5, 0.6) is 0 Å². The average Bonchev–Trinajstić information content (AvgIpc) is 3.36. The van der Waals surface area contributed by atoms with Crippen molar-refractivity contribution in [2.24, 2.45) is 11.8 Å². The summed E-state index contributed by atoms with van der Waals surface area (Å²) in [4.78, 5) is 42.4. The van der Waals surface area contributed by atoms with Gasteiger partial charge in [0.2, 0.25) is 17.7 Å². The quantitative estimate of drug-likeness (QED) is 0.331. The zero-order valence-corrected chi connectivity index (χ0v) is 21.5. The first-order valence-corrected chi connectivity index (χ1v) is 13.8. The number of aliphatic hydroxyl groups is 1. The number of rotatable bonds is 14. The zero-order chi connectivity index (χ0) is 24.1. The molecule has 3 saturated heterocycles. The second-order valence-electron chi connectivity index (χ2n) is 10.2. The molecule has 5 atom stereocenters. The monoisotopic (exact) mass is 481 g/mol. The molecular weight excluding hydrogens is 438 g/mol. The van der Waals surface area contributed by atoms with Gasteiger partial charge in [0.25, 0.3) is 0 Å². The maximum Gasteiger partial charge on any atom is 0.244 e. The number of amides is 3. The van der Waals surface area contributed by atoms with Gasteiger partial charge in [-0.05, 0) is 45.4 Å². The Morgan fingerprint density at radius 1 is 1.00 bits per heavy atom. The molecule has 3 N–H and O–H groups in total. The number of aliphatic hydroxyl groups excluding tert-OH is 1. The van der Waals surface area contributed by atoms with Gasteiger partial charge in [0.15, 0.2) is 0 Å². The summed E-state index contributed by atoms with van der Waals surface area (Å²) < 4.78 is -0.813. The van der Waals surface area contributed by atoms with Gasteiger partial charge in [-0.15, -0.1) is 11.8 Å². The molecule has 188 valence electrons. The van der Waals surface area contributed by atoms with Crippen LogP contribution < -0.4 is 10.6 Å². The van der Waals surface area contributed by atoms with Crippen LogP contribution in [-0.2, 0) is 14.4 Å². The summed E-state index contributed by atoms with van der Waals surface area (Å²) in [7, 11) is 0. The first-order valence-electron chi connectivity index (χ1n) is 13.0. The van der Waals surface area contributed by atoms with Crippen LogP contribution in [0.2, 0.25) is 0 Å². The molecule has 1 spiro atoms. The molecule has 2 bridgehead atoms. The second kappa shape index (κ2) is 11.4. The summed E-state index contributed by atoms with van der Waals surface area (Å²) in [6, 6.07) is -0.509. The van der Waals surface area contributed by atoms with Crippen molar-refractivity contribution in [2.75, 3.05) is 26.2 Å². The molecule has 2 unspecified atom stereocenters. The third-order valence-electron chi connectivity index (χ3n) is 7.74. The summed E-state index contributed by atoms with van der Waals surface area (Å²) in [5.74, 6) is -0.909. The van der Waals surface area contributed by atoms with Gasteiger partial charge in [-0.25, -0.2) is 0 Å². The fourth-order valence-corrected chi connectivity index (χ4v) is 8.51. The summed E-state index contributed by atoms with van der Waals surface area (Å²) in [6.07, 6.45) is 9.01. The van der Waals surface area contributed by atoms with Crippen LogP contribution in [0.25, 0.3) is 0 Å². The van der Waals surface area contributed by atoms with Crippen LogP contribution >= 0.6 is 11.8 Å². The van der Waals surface area contributed by atoms with Crippen LogP contribution in [0.1, 0.15) is 85.0 Å². The SMILES string of the molecule is CCCCCNC(=O)C1N(CCCCCCO)C(=O)[C@@H]2[C@@H](C(=O)NCCC)[C@@]3(C)CCC12S3. The van der Waals surface area contributed by atoms with Crippen molar-refractivity contribution >= 4 is 29.5 Å². The molecule has 3 amide bonds. The van der Waals surface area contributed by atoms with Gasteiger partial charge >= 0.3 is 0 Å². The number of thioether (sulfide) groups is 1. The highest BCUT2D eigenvalue weighted by atomic mass is 32.2. The second-order valence-corrected chi connectivity index (χ2v) is 12.1. The predicted octanol–water partition coefficient (Wildman–Crippen LogP) is 2.85. The van der Waals surface area contributed by atoms with Gasteiger partial charge in [0.05, 0.1) is 16.6 Å². The molecule has 0 aromatic rings. The number of unbranched alkanes of at least 4 members (excludes halogenated alkanes) is 5. The smallest absolute Gasteiger partial charge is 0.244 e. The molecule has 33 heavy (non-hydrogen) atoms. The minimum Gasteiger partial charge on any atom is -0.396 e. The van der Waals surface area contributed by atoms with E-state index >= 15 is 0 Å². The fraction of sp³-hybridized carbons (Fsp3) is 0.880. The van der Waals surface area contributed by atoms with E-state index in [1.54, 1.807) is 16.7 Å². The molecule has 8 heteroatoms. The number of nitrogens with zero attached hydrogens (tertiary/aromatic N) is 1. The number of hydrogen-bond acceptors (Lipinski definition) is 5. The summed E-state index contributed by atoms with van der Waals surface area (Å²) in [5, 5.41) is 15.2. The molecule has 0 saturated carbocycles. The molecule has 0 aromatic carbocycles. The Balaban J connectivity index is 1.83. The highest BCUT2D eigenvalue weighted by molar-refractivity contribution is 8.02. The van der Waals surface area contributed by atoms with Crippen molar-refractivity contribution in [1.82, 2.24) is 15.5 Å². The van der Waals surface area contributed by atoms with Crippen molar-refractivity contribution < 1.29 is 19.5 Å². The summed E-state index contributed by atoms with van der Waals surface area (Å²) in [6.45, 7) is 8.24. The van der Waals surface area contributed by atoms with E-state index in [-0.39, 0.29) is 35.0 Å². The van der Waals surface area contributed by atoms with Crippen LogP contribution in [-0.4, -0.2) is 69.5 Å². The number of likely N-dealkylation sites (tertiary alicyclic amines) is 1. The van der Waals surface area contributed by atoms with E-state index in [1.807, 2.05) is 6.92 Å². The van der Waals surface area contributed by atoms with Crippen molar-refractivity contribution in [2.45, 2.75) is 101 Å². The third-order valence-corrected chi connectivity index (χ3v) is 9.73. The Morgan fingerprint density at radius 3 is 2.42 bits per heavy atom. The van der Waals surface area contributed by atoms with Gasteiger partial charge in [0, 0.05) is 31.0 Å². The Hall–Kier alpha value is -1.28. The van der Waals surface area contributed by atoms with E-state index in [0.29, 0.717) is 19.6 Å². The zero-order valence-electron chi connectivity index (χ0n) is 20.7. The molecule has 3 fully saturated rings. The lowest BCUT2D eigenvalue weighted by Gasteiger charge is -2.34. The Kier molecular flexibility index (Phi) is 9.12.